The number of aromatic nitrogens is 3. The fourth-order valence-electron chi connectivity index (χ4n) is 4.03. The Labute approximate surface area is 163 Å². The fourth-order valence-corrected chi connectivity index (χ4v) is 4.40. The minimum absolute atomic E-state index is 0.106. The van der Waals surface area contributed by atoms with E-state index in [0.717, 1.165) is 17.1 Å². The van der Waals surface area contributed by atoms with Gasteiger partial charge in [-0.05, 0) is 24.5 Å². The SMILES string of the molecule is CSc1nc(N)c2c(n1)C1(CN(C(=O)O)C1)CN2c1ccc2oc(N)nc2c1. The van der Waals surface area contributed by atoms with E-state index in [1.807, 2.05) is 23.3 Å². The lowest BCUT2D eigenvalue weighted by molar-refractivity contribution is 0.0655. The molecule has 3 aromatic rings. The van der Waals surface area contributed by atoms with E-state index >= 15 is 0 Å². The maximum Gasteiger partial charge on any atom is 0.407 e. The fraction of sp³-hybridized carbons (Fsp3) is 0.294. The molecule has 1 fully saturated rings. The number of benzene rings is 1. The van der Waals surface area contributed by atoms with E-state index in [9.17, 15) is 9.90 Å². The number of nitrogens with two attached hydrogens (primary N) is 2. The van der Waals surface area contributed by atoms with Crippen molar-refractivity contribution in [2.24, 2.45) is 0 Å². The largest absolute Gasteiger partial charge is 0.465 e. The highest BCUT2D eigenvalue weighted by Gasteiger charge is 2.55. The molecule has 11 heteroatoms. The summed E-state index contributed by atoms with van der Waals surface area (Å²) in [4.78, 5) is 28.0. The molecule has 2 aliphatic heterocycles. The molecule has 1 amide bonds. The number of anilines is 4. The number of carboxylic acid groups (broad SMARTS) is 1. The molecule has 28 heavy (non-hydrogen) atoms. The quantitative estimate of drug-likeness (QED) is 0.431. The van der Waals surface area contributed by atoms with Gasteiger partial charge in [-0.15, -0.1) is 0 Å². The van der Waals surface area contributed by atoms with Crippen molar-refractivity contribution in [3.8, 4) is 0 Å². The maximum absolute atomic E-state index is 11.3. The van der Waals surface area contributed by atoms with Gasteiger partial charge in [-0.25, -0.2) is 14.8 Å². The number of hydrogen-bond acceptors (Lipinski definition) is 9. The molecule has 4 heterocycles. The summed E-state index contributed by atoms with van der Waals surface area (Å²) in [6.45, 7) is 1.30. The zero-order valence-corrected chi connectivity index (χ0v) is 15.7. The molecular formula is C17H17N7O3S. The Hall–Kier alpha value is -3.21. The third-order valence-corrected chi connectivity index (χ3v) is 5.81. The van der Waals surface area contributed by atoms with Crippen LogP contribution in [0, 0.1) is 0 Å². The molecule has 2 aromatic heterocycles. The van der Waals surface area contributed by atoms with Crippen LogP contribution in [0.15, 0.2) is 27.8 Å². The second kappa shape index (κ2) is 5.64. The van der Waals surface area contributed by atoms with E-state index in [4.69, 9.17) is 20.9 Å². The van der Waals surface area contributed by atoms with Crippen molar-refractivity contribution in [2.75, 3.05) is 42.3 Å². The summed E-state index contributed by atoms with van der Waals surface area (Å²) in [5.74, 6) is 0.375. The Bertz CT molecular complexity index is 1130. The average Bonchev–Trinajstić information content (AvgIpc) is 3.16. The van der Waals surface area contributed by atoms with Crippen molar-refractivity contribution in [3.63, 3.8) is 0 Å². The second-order valence-electron chi connectivity index (χ2n) is 7.00. The van der Waals surface area contributed by atoms with Crippen LogP contribution in [-0.2, 0) is 5.41 Å². The number of oxazole rings is 1. The highest BCUT2D eigenvalue weighted by molar-refractivity contribution is 7.98. The van der Waals surface area contributed by atoms with Gasteiger partial charge in [0.2, 0.25) is 0 Å². The highest BCUT2D eigenvalue weighted by atomic mass is 32.2. The van der Waals surface area contributed by atoms with E-state index in [-0.39, 0.29) is 6.01 Å². The van der Waals surface area contributed by atoms with E-state index in [1.165, 1.54) is 16.7 Å². The molecular weight excluding hydrogens is 382 g/mol. The molecule has 144 valence electrons. The standard InChI is InChI=1S/C17H17N7O3S/c1-28-15-21-12-11(13(18)22-15)24(7-17(12)5-23(6-17)16(25)26)8-2-3-10-9(4-8)20-14(19)27-10/h2-4H,5-7H2,1H3,(H2,19,20)(H,25,26)(H2,18,21,22). The second-order valence-corrected chi connectivity index (χ2v) is 7.78. The minimum atomic E-state index is -0.933. The number of nitrogen functional groups attached to an aromatic ring is 2. The van der Waals surface area contributed by atoms with Crippen LogP contribution >= 0.6 is 11.8 Å². The Morgan fingerprint density at radius 3 is 2.75 bits per heavy atom. The van der Waals surface area contributed by atoms with Gasteiger partial charge in [0, 0.05) is 25.3 Å². The van der Waals surface area contributed by atoms with Crippen LogP contribution in [-0.4, -0.2) is 56.9 Å². The number of rotatable bonds is 2. The Kier molecular flexibility index (Phi) is 3.41. The van der Waals surface area contributed by atoms with Crippen molar-refractivity contribution in [1.29, 1.82) is 0 Å². The van der Waals surface area contributed by atoms with Crippen molar-refractivity contribution in [1.82, 2.24) is 19.9 Å². The lowest BCUT2D eigenvalue weighted by Crippen LogP contribution is -2.62. The summed E-state index contributed by atoms with van der Waals surface area (Å²) in [6.07, 6.45) is 0.950. The molecule has 1 aromatic carbocycles. The third kappa shape index (κ3) is 2.29. The van der Waals surface area contributed by atoms with Gasteiger partial charge >= 0.3 is 6.09 Å². The van der Waals surface area contributed by atoms with Gasteiger partial charge in [0.15, 0.2) is 16.6 Å². The van der Waals surface area contributed by atoms with Crippen LogP contribution in [0.25, 0.3) is 11.1 Å². The van der Waals surface area contributed by atoms with Gasteiger partial charge < -0.3 is 30.8 Å². The molecule has 0 atom stereocenters. The van der Waals surface area contributed by atoms with Crippen molar-refractivity contribution >= 4 is 52.2 Å². The summed E-state index contributed by atoms with van der Waals surface area (Å²) >= 11 is 1.41. The summed E-state index contributed by atoms with van der Waals surface area (Å²) in [7, 11) is 0. The molecule has 1 spiro atoms. The molecule has 1 saturated heterocycles. The highest BCUT2D eigenvalue weighted by Crippen LogP contribution is 2.50. The number of hydrogen-bond donors (Lipinski definition) is 3. The molecule has 0 radical (unpaired) electrons. The van der Waals surface area contributed by atoms with Gasteiger partial charge in [-0.2, -0.15) is 4.98 Å². The first-order chi connectivity index (χ1) is 13.4. The zero-order chi connectivity index (χ0) is 19.6. The number of carbonyl (C=O) groups is 1. The first-order valence-corrected chi connectivity index (χ1v) is 9.76. The van der Waals surface area contributed by atoms with E-state index in [2.05, 4.69) is 9.97 Å². The van der Waals surface area contributed by atoms with E-state index in [1.54, 1.807) is 6.07 Å². The van der Waals surface area contributed by atoms with E-state index < -0.39 is 11.5 Å². The summed E-state index contributed by atoms with van der Waals surface area (Å²) in [5.41, 5.74) is 15.1. The number of amides is 1. The van der Waals surface area contributed by atoms with Crippen LogP contribution in [0.3, 0.4) is 0 Å². The Balaban J connectivity index is 1.63. The molecule has 0 bridgehead atoms. The average molecular weight is 399 g/mol. The molecule has 5 rings (SSSR count). The van der Waals surface area contributed by atoms with Crippen LogP contribution in [0.4, 0.5) is 28.0 Å². The van der Waals surface area contributed by atoms with Gasteiger partial charge in [0.25, 0.3) is 6.01 Å². The smallest absolute Gasteiger partial charge is 0.407 e. The monoisotopic (exact) mass is 399 g/mol. The third-order valence-electron chi connectivity index (χ3n) is 5.26. The van der Waals surface area contributed by atoms with Gasteiger partial charge in [-0.1, -0.05) is 11.8 Å². The van der Waals surface area contributed by atoms with Crippen LogP contribution in [0.5, 0.6) is 0 Å². The lowest BCUT2D eigenvalue weighted by atomic mass is 9.78. The van der Waals surface area contributed by atoms with Crippen molar-refractivity contribution < 1.29 is 14.3 Å². The molecule has 0 aliphatic carbocycles. The summed E-state index contributed by atoms with van der Waals surface area (Å²) < 4.78 is 5.35. The van der Waals surface area contributed by atoms with Gasteiger partial charge in [-0.3, -0.25) is 0 Å². The van der Waals surface area contributed by atoms with E-state index in [0.29, 0.717) is 41.7 Å². The Morgan fingerprint density at radius 1 is 1.25 bits per heavy atom. The molecule has 0 unspecified atom stereocenters. The van der Waals surface area contributed by atoms with Crippen molar-refractivity contribution in [3.05, 3.63) is 23.9 Å². The molecule has 5 N–H and O–H groups in total. The van der Waals surface area contributed by atoms with Gasteiger partial charge in [0.05, 0.1) is 11.1 Å². The molecule has 0 saturated carbocycles. The predicted molar refractivity (Wildman–Crippen MR) is 105 cm³/mol. The van der Waals surface area contributed by atoms with Crippen LogP contribution in [0.2, 0.25) is 0 Å². The summed E-state index contributed by atoms with van der Waals surface area (Å²) in [5, 5.41) is 9.88. The number of thioether (sulfide) groups is 1. The number of fused-ring (bicyclic) bond motifs is 3. The lowest BCUT2D eigenvalue weighted by Gasteiger charge is -2.46. The Morgan fingerprint density at radius 2 is 2.04 bits per heavy atom. The zero-order valence-electron chi connectivity index (χ0n) is 14.9. The molecule has 2 aliphatic rings. The van der Waals surface area contributed by atoms with Crippen molar-refractivity contribution in [2.45, 2.75) is 10.6 Å². The predicted octanol–water partition coefficient (Wildman–Crippen LogP) is 1.89. The topological polar surface area (TPSA) is 148 Å². The van der Waals surface area contributed by atoms with Gasteiger partial charge in [0.1, 0.15) is 11.2 Å². The number of likely N-dealkylation sites (tertiary alicyclic amines) is 1. The van der Waals surface area contributed by atoms with Crippen LogP contribution < -0.4 is 16.4 Å². The normalized spacial score (nSPS) is 17.2. The van der Waals surface area contributed by atoms with Crippen LogP contribution in [0.1, 0.15) is 5.69 Å². The molecule has 10 nitrogen and oxygen atoms in total. The first-order valence-electron chi connectivity index (χ1n) is 8.54. The summed E-state index contributed by atoms with van der Waals surface area (Å²) in [6, 6.07) is 5.67. The maximum atomic E-state index is 11.3. The number of nitrogens with zero attached hydrogens (tertiary/aromatic N) is 5. The first kappa shape index (κ1) is 16.9. The minimum Gasteiger partial charge on any atom is -0.465 e.